The molecule has 0 unspecified atom stereocenters. The predicted octanol–water partition coefficient (Wildman–Crippen LogP) is 3.10. The zero-order valence-corrected chi connectivity index (χ0v) is 8.41. The molecular formula is C11H20FN. The zero-order chi connectivity index (χ0) is 8.65. The van der Waals surface area contributed by atoms with Gasteiger partial charge in [-0.05, 0) is 18.7 Å². The molecule has 1 rings (SSSR count). The van der Waals surface area contributed by atoms with Crippen LogP contribution in [-0.2, 0) is 0 Å². The van der Waals surface area contributed by atoms with Crippen molar-refractivity contribution in [2.45, 2.75) is 32.6 Å². The zero-order valence-electron chi connectivity index (χ0n) is 8.41. The molecule has 76 valence electrons. The monoisotopic (exact) mass is 185 g/mol. The lowest BCUT2D eigenvalue weighted by Crippen LogP contribution is -2.19. The Bertz CT molecular complexity index is 163. The van der Waals surface area contributed by atoms with E-state index in [0.29, 0.717) is 0 Å². The number of rotatable bonds is 5. The second-order valence-electron chi connectivity index (χ2n) is 3.33. The summed E-state index contributed by atoms with van der Waals surface area (Å²) in [6.45, 7) is 4.58. The molecule has 1 nitrogen and oxygen atoms in total. The number of allylic oxidation sites excluding steroid dienone is 2. The van der Waals surface area contributed by atoms with E-state index in [0.717, 1.165) is 6.54 Å². The quantitative estimate of drug-likeness (QED) is 0.595. The molecule has 0 amide bonds. The molecule has 0 aromatic rings. The summed E-state index contributed by atoms with van der Waals surface area (Å²) in [6.07, 6.45) is 14.1. The highest BCUT2D eigenvalue weighted by Crippen LogP contribution is 2.04. The average Bonchev–Trinajstić information content (AvgIpc) is 2.14. The van der Waals surface area contributed by atoms with Crippen molar-refractivity contribution in [2.75, 3.05) is 13.1 Å². The van der Waals surface area contributed by atoms with E-state index in [1.165, 1.54) is 32.2 Å². The lowest BCUT2D eigenvalue weighted by molar-refractivity contribution is 0.394. The molecular weight excluding hydrogens is 165 g/mol. The molecule has 0 N–H and O–H groups in total. The lowest BCUT2D eigenvalue weighted by Gasteiger charge is -2.19. The van der Waals surface area contributed by atoms with Gasteiger partial charge in [0.25, 0.3) is 0 Å². The Morgan fingerprint density at radius 3 is 2.62 bits per heavy atom. The molecule has 0 aliphatic carbocycles. The van der Waals surface area contributed by atoms with E-state index in [1.54, 1.807) is 0 Å². The van der Waals surface area contributed by atoms with Crippen LogP contribution in [0.3, 0.4) is 0 Å². The Kier molecular flexibility index (Phi) is 7.36. The normalized spacial score (nSPS) is 14.4. The Hall–Kier alpha value is -0.790. The third-order valence-corrected chi connectivity index (χ3v) is 2.18. The summed E-state index contributed by atoms with van der Waals surface area (Å²) in [5.74, 6) is 0. The Morgan fingerprint density at radius 2 is 2.00 bits per heavy atom. The third-order valence-electron chi connectivity index (χ3n) is 2.18. The summed E-state index contributed by atoms with van der Waals surface area (Å²) < 4.78 is 0. The molecule has 0 bridgehead atoms. The first kappa shape index (κ1) is 12.2. The van der Waals surface area contributed by atoms with Crippen molar-refractivity contribution >= 4 is 0 Å². The van der Waals surface area contributed by atoms with E-state index in [-0.39, 0.29) is 4.70 Å². The van der Waals surface area contributed by atoms with Crippen LogP contribution in [0.2, 0.25) is 0 Å². The van der Waals surface area contributed by atoms with Crippen LogP contribution >= 0.6 is 0 Å². The van der Waals surface area contributed by atoms with Crippen molar-refractivity contribution in [3.63, 3.8) is 0 Å². The van der Waals surface area contributed by atoms with Crippen LogP contribution in [0.15, 0.2) is 24.4 Å². The minimum absolute atomic E-state index is 0. The number of hydrogen-bond donors (Lipinski definition) is 0. The predicted molar refractivity (Wildman–Crippen MR) is 56.5 cm³/mol. The summed E-state index contributed by atoms with van der Waals surface area (Å²) in [7, 11) is 0. The van der Waals surface area contributed by atoms with Crippen molar-refractivity contribution in [3.8, 4) is 0 Å². The second-order valence-corrected chi connectivity index (χ2v) is 3.33. The molecule has 1 heterocycles. The average molecular weight is 185 g/mol. The maximum absolute atomic E-state index is 2.37. The fourth-order valence-corrected chi connectivity index (χ4v) is 1.41. The van der Waals surface area contributed by atoms with Gasteiger partial charge in [0.15, 0.2) is 0 Å². The number of halogens is 1. The highest BCUT2D eigenvalue weighted by atomic mass is 19.0. The van der Waals surface area contributed by atoms with Gasteiger partial charge in [0, 0.05) is 13.1 Å². The van der Waals surface area contributed by atoms with Gasteiger partial charge in [-0.3, -0.25) is 4.70 Å². The van der Waals surface area contributed by atoms with Crippen LogP contribution in [-0.4, -0.2) is 18.0 Å². The molecule has 0 saturated heterocycles. The Balaban J connectivity index is 0.00000144. The van der Waals surface area contributed by atoms with Crippen LogP contribution in [0.25, 0.3) is 0 Å². The first-order chi connectivity index (χ1) is 5.93. The summed E-state index contributed by atoms with van der Waals surface area (Å²) in [5.41, 5.74) is 0. The molecule has 13 heavy (non-hydrogen) atoms. The first-order valence-electron chi connectivity index (χ1n) is 5.01. The Morgan fingerprint density at radius 1 is 1.15 bits per heavy atom. The molecule has 0 atom stereocenters. The van der Waals surface area contributed by atoms with E-state index in [2.05, 4.69) is 36.3 Å². The van der Waals surface area contributed by atoms with E-state index in [1.807, 2.05) is 0 Å². The number of nitrogens with zero attached hydrogens (tertiary/aromatic N) is 1. The fraction of sp³-hybridized carbons (Fsp3) is 0.636. The fourth-order valence-electron chi connectivity index (χ4n) is 1.41. The van der Waals surface area contributed by atoms with Crippen molar-refractivity contribution in [1.29, 1.82) is 0 Å². The molecule has 0 aromatic heterocycles. The molecule has 1 aliphatic rings. The summed E-state index contributed by atoms with van der Waals surface area (Å²) in [6, 6.07) is 0. The molecule has 1 aliphatic heterocycles. The summed E-state index contributed by atoms with van der Waals surface area (Å²) in [5, 5.41) is 0. The number of unbranched alkanes of at least 4 members (excludes halogenated alkanes) is 3. The topological polar surface area (TPSA) is 3.24 Å². The van der Waals surface area contributed by atoms with Gasteiger partial charge >= 0.3 is 0 Å². The largest absolute Gasteiger partial charge is 0.374 e. The molecule has 0 aromatic carbocycles. The third kappa shape index (κ3) is 5.45. The van der Waals surface area contributed by atoms with Crippen molar-refractivity contribution in [3.05, 3.63) is 24.4 Å². The van der Waals surface area contributed by atoms with Crippen LogP contribution in [0.1, 0.15) is 32.6 Å². The maximum atomic E-state index is 2.37. The highest BCUT2D eigenvalue weighted by Gasteiger charge is 1.97. The summed E-state index contributed by atoms with van der Waals surface area (Å²) >= 11 is 0. The van der Waals surface area contributed by atoms with E-state index in [9.17, 15) is 0 Å². The van der Waals surface area contributed by atoms with Gasteiger partial charge in [0.05, 0.1) is 0 Å². The minimum atomic E-state index is 0. The smallest absolute Gasteiger partial charge is 0.0357 e. The molecule has 0 saturated carbocycles. The standard InChI is InChI=1S/C11H19N.FH/c1-2-3-4-6-9-12-10-7-5-8-11-12;/h5,7-8,10H,2-4,6,9,11H2,1H3;1H. The van der Waals surface area contributed by atoms with Gasteiger partial charge in [0.2, 0.25) is 0 Å². The van der Waals surface area contributed by atoms with E-state index >= 15 is 0 Å². The SMILES string of the molecule is CCCCCCN1C=CC=CC1.F. The number of hydrogen-bond acceptors (Lipinski definition) is 1. The van der Waals surface area contributed by atoms with Crippen LogP contribution in [0, 0.1) is 0 Å². The van der Waals surface area contributed by atoms with Crippen molar-refractivity contribution in [1.82, 2.24) is 4.90 Å². The van der Waals surface area contributed by atoms with Gasteiger partial charge in [-0.1, -0.05) is 38.3 Å². The molecule has 0 radical (unpaired) electrons. The van der Waals surface area contributed by atoms with Crippen LogP contribution < -0.4 is 0 Å². The highest BCUT2D eigenvalue weighted by molar-refractivity contribution is 5.08. The van der Waals surface area contributed by atoms with Gasteiger partial charge < -0.3 is 4.90 Å². The lowest BCUT2D eigenvalue weighted by atomic mass is 10.2. The van der Waals surface area contributed by atoms with E-state index < -0.39 is 0 Å². The van der Waals surface area contributed by atoms with Gasteiger partial charge in [-0.15, -0.1) is 0 Å². The summed E-state index contributed by atoms with van der Waals surface area (Å²) in [4.78, 5) is 2.37. The van der Waals surface area contributed by atoms with Crippen molar-refractivity contribution < 1.29 is 4.70 Å². The van der Waals surface area contributed by atoms with Crippen LogP contribution in [0.5, 0.6) is 0 Å². The maximum Gasteiger partial charge on any atom is 0.0357 e. The Labute approximate surface area is 80.5 Å². The minimum Gasteiger partial charge on any atom is -0.374 e. The molecule has 2 heteroatoms. The molecule has 0 fully saturated rings. The van der Waals surface area contributed by atoms with Gasteiger partial charge in [0.1, 0.15) is 0 Å². The van der Waals surface area contributed by atoms with Gasteiger partial charge in [-0.25, -0.2) is 0 Å². The molecule has 0 spiro atoms. The van der Waals surface area contributed by atoms with Crippen molar-refractivity contribution in [2.24, 2.45) is 0 Å². The first-order valence-corrected chi connectivity index (χ1v) is 5.01. The van der Waals surface area contributed by atoms with E-state index in [4.69, 9.17) is 0 Å². The van der Waals surface area contributed by atoms with Crippen LogP contribution in [0.4, 0.5) is 4.70 Å². The second kappa shape index (κ2) is 7.84. The van der Waals surface area contributed by atoms with Gasteiger partial charge in [-0.2, -0.15) is 0 Å².